The molecule has 0 aromatic heterocycles. The van der Waals surface area contributed by atoms with Crippen molar-refractivity contribution >= 4 is 22.4 Å². The lowest BCUT2D eigenvalue weighted by atomic mass is 10.2. The first-order valence-corrected chi connectivity index (χ1v) is 7.31. The SMILES string of the molecule is CCCS(=O)c1cc(OC/C=C/Cl)ccc1C. The van der Waals surface area contributed by atoms with Crippen molar-refractivity contribution in [1.29, 1.82) is 0 Å². The molecule has 1 atom stereocenters. The summed E-state index contributed by atoms with van der Waals surface area (Å²) < 4.78 is 17.4. The number of hydrogen-bond acceptors (Lipinski definition) is 2. The van der Waals surface area contributed by atoms with E-state index in [-0.39, 0.29) is 0 Å². The van der Waals surface area contributed by atoms with Gasteiger partial charge in [-0.15, -0.1) is 0 Å². The van der Waals surface area contributed by atoms with Gasteiger partial charge in [-0.3, -0.25) is 4.21 Å². The van der Waals surface area contributed by atoms with Crippen LogP contribution in [-0.2, 0) is 10.8 Å². The van der Waals surface area contributed by atoms with Gasteiger partial charge in [-0.2, -0.15) is 0 Å². The van der Waals surface area contributed by atoms with Crippen LogP contribution in [0.2, 0.25) is 0 Å². The van der Waals surface area contributed by atoms with E-state index in [1.165, 1.54) is 5.54 Å². The largest absolute Gasteiger partial charge is 0.489 e. The van der Waals surface area contributed by atoms with Crippen molar-refractivity contribution in [3.8, 4) is 5.75 Å². The fraction of sp³-hybridized carbons (Fsp3) is 0.385. The Hall–Kier alpha value is -0.800. The third-order valence-electron chi connectivity index (χ3n) is 2.23. The summed E-state index contributed by atoms with van der Waals surface area (Å²) in [7, 11) is -0.937. The summed E-state index contributed by atoms with van der Waals surface area (Å²) in [6, 6.07) is 5.66. The Morgan fingerprint density at radius 1 is 1.47 bits per heavy atom. The van der Waals surface area contributed by atoms with Crippen LogP contribution >= 0.6 is 11.6 Å². The zero-order valence-electron chi connectivity index (χ0n) is 10.1. The smallest absolute Gasteiger partial charge is 0.121 e. The van der Waals surface area contributed by atoms with E-state index in [2.05, 4.69) is 0 Å². The molecule has 0 fully saturated rings. The van der Waals surface area contributed by atoms with Gasteiger partial charge in [0.05, 0.1) is 10.8 Å². The number of hydrogen-bond donors (Lipinski definition) is 0. The third-order valence-corrected chi connectivity index (χ3v) is 4.12. The molecule has 0 amide bonds. The summed E-state index contributed by atoms with van der Waals surface area (Å²) in [6.07, 6.45) is 2.62. The quantitative estimate of drug-likeness (QED) is 0.790. The maximum absolute atomic E-state index is 12.0. The molecule has 1 rings (SSSR count). The molecule has 0 aliphatic rings. The zero-order valence-corrected chi connectivity index (χ0v) is 11.7. The van der Waals surface area contributed by atoms with Gasteiger partial charge in [-0.25, -0.2) is 0 Å². The van der Waals surface area contributed by atoms with E-state index >= 15 is 0 Å². The van der Waals surface area contributed by atoms with Crippen molar-refractivity contribution in [2.24, 2.45) is 0 Å². The molecule has 1 unspecified atom stereocenters. The Labute approximate surface area is 110 Å². The molecule has 0 saturated carbocycles. The molecule has 1 aromatic carbocycles. The lowest BCUT2D eigenvalue weighted by Crippen LogP contribution is -2.01. The second kappa shape index (κ2) is 7.51. The van der Waals surface area contributed by atoms with Crippen LogP contribution in [0.5, 0.6) is 5.75 Å². The first-order valence-electron chi connectivity index (χ1n) is 5.56. The summed E-state index contributed by atoms with van der Waals surface area (Å²) >= 11 is 5.41. The third kappa shape index (κ3) is 4.52. The van der Waals surface area contributed by atoms with Crippen LogP contribution in [0.15, 0.2) is 34.7 Å². The Morgan fingerprint density at radius 2 is 2.24 bits per heavy atom. The molecule has 0 aliphatic carbocycles. The van der Waals surface area contributed by atoms with E-state index in [9.17, 15) is 4.21 Å². The summed E-state index contributed by atoms with van der Waals surface area (Å²) in [5.74, 6) is 1.41. The van der Waals surface area contributed by atoms with Gasteiger partial charge in [0.2, 0.25) is 0 Å². The van der Waals surface area contributed by atoms with E-state index in [0.29, 0.717) is 12.4 Å². The second-order valence-corrected chi connectivity index (χ2v) is 5.44. The number of ether oxygens (including phenoxy) is 1. The van der Waals surface area contributed by atoms with Crippen molar-refractivity contribution in [3.05, 3.63) is 35.4 Å². The van der Waals surface area contributed by atoms with E-state index < -0.39 is 10.8 Å². The number of rotatable bonds is 6. The predicted molar refractivity (Wildman–Crippen MR) is 73.2 cm³/mol. The van der Waals surface area contributed by atoms with Crippen molar-refractivity contribution < 1.29 is 8.95 Å². The number of aryl methyl sites for hydroxylation is 1. The molecule has 0 spiro atoms. The van der Waals surface area contributed by atoms with Crippen molar-refractivity contribution in [2.75, 3.05) is 12.4 Å². The van der Waals surface area contributed by atoms with Gasteiger partial charge in [0.15, 0.2) is 0 Å². The molecule has 0 saturated heterocycles. The molecule has 1 aromatic rings. The summed E-state index contributed by atoms with van der Waals surface area (Å²) in [5, 5.41) is 0. The van der Waals surface area contributed by atoms with Crippen LogP contribution in [0, 0.1) is 6.92 Å². The van der Waals surface area contributed by atoms with E-state index in [4.69, 9.17) is 16.3 Å². The fourth-order valence-electron chi connectivity index (χ4n) is 1.39. The monoisotopic (exact) mass is 272 g/mol. The Kier molecular flexibility index (Phi) is 6.30. The lowest BCUT2D eigenvalue weighted by molar-refractivity contribution is 0.362. The highest BCUT2D eigenvalue weighted by molar-refractivity contribution is 7.85. The van der Waals surface area contributed by atoms with E-state index in [1.807, 2.05) is 32.0 Å². The van der Waals surface area contributed by atoms with Gasteiger partial charge < -0.3 is 4.74 Å². The molecule has 0 N–H and O–H groups in total. The second-order valence-electron chi connectivity index (χ2n) is 3.65. The highest BCUT2D eigenvalue weighted by atomic mass is 35.5. The highest BCUT2D eigenvalue weighted by Gasteiger charge is 2.07. The summed E-state index contributed by atoms with van der Waals surface area (Å²) in [5.41, 5.74) is 2.46. The Bertz CT molecular complexity index is 416. The van der Waals surface area contributed by atoms with Crippen LogP contribution in [0.1, 0.15) is 18.9 Å². The average molecular weight is 273 g/mol. The number of benzene rings is 1. The molecular formula is C13H17ClO2S. The van der Waals surface area contributed by atoms with Crippen molar-refractivity contribution in [1.82, 2.24) is 0 Å². The molecule has 94 valence electrons. The van der Waals surface area contributed by atoms with Gasteiger partial charge in [0.1, 0.15) is 12.4 Å². The predicted octanol–water partition coefficient (Wildman–Crippen LogP) is 3.64. The molecule has 17 heavy (non-hydrogen) atoms. The first-order chi connectivity index (χ1) is 8.19. The fourth-order valence-corrected chi connectivity index (χ4v) is 2.73. The zero-order chi connectivity index (χ0) is 12.7. The molecule has 4 heteroatoms. The first kappa shape index (κ1) is 14.3. The maximum atomic E-state index is 12.0. The van der Waals surface area contributed by atoms with Crippen molar-refractivity contribution in [2.45, 2.75) is 25.2 Å². The van der Waals surface area contributed by atoms with Crippen LogP contribution < -0.4 is 4.74 Å². The van der Waals surface area contributed by atoms with Crippen LogP contribution in [0.3, 0.4) is 0 Å². The van der Waals surface area contributed by atoms with Crippen LogP contribution in [0.25, 0.3) is 0 Å². The van der Waals surface area contributed by atoms with Crippen LogP contribution in [-0.4, -0.2) is 16.6 Å². The normalized spacial score (nSPS) is 12.9. The van der Waals surface area contributed by atoms with Gasteiger partial charge in [0.25, 0.3) is 0 Å². The maximum Gasteiger partial charge on any atom is 0.121 e. The van der Waals surface area contributed by atoms with Gasteiger partial charge in [0, 0.05) is 16.2 Å². The topological polar surface area (TPSA) is 26.3 Å². The molecule has 0 heterocycles. The average Bonchev–Trinajstić information content (AvgIpc) is 2.32. The number of halogens is 1. The molecule has 0 radical (unpaired) electrons. The highest BCUT2D eigenvalue weighted by Crippen LogP contribution is 2.21. The van der Waals surface area contributed by atoms with Gasteiger partial charge in [-0.05, 0) is 37.1 Å². The molecule has 2 nitrogen and oxygen atoms in total. The van der Waals surface area contributed by atoms with E-state index in [0.717, 1.165) is 22.6 Å². The lowest BCUT2D eigenvalue weighted by Gasteiger charge is -2.08. The standard InChI is InChI=1S/C13H17ClO2S/c1-3-9-17(15)13-10-12(6-5-11(13)2)16-8-4-7-14/h4-7,10H,3,8-9H2,1-2H3/b7-4+. The van der Waals surface area contributed by atoms with Gasteiger partial charge >= 0.3 is 0 Å². The van der Waals surface area contributed by atoms with Crippen LogP contribution in [0.4, 0.5) is 0 Å². The Balaban J connectivity index is 2.82. The molecular weight excluding hydrogens is 256 g/mol. The minimum absolute atomic E-state index is 0.423. The van der Waals surface area contributed by atoms with E-state index in [1.54, 1.807) is 6.08 Å². The minimum Gasteiger partial charge on any atom is -0.489 e. The molecule has 0 aliphatic heterocycles. The molecule has 0 bridgehead atoms. The summed E-state index contributed by atoms with van der Waals surface area (Å²) in [4.78, 5) is 0.860. The van der Waals surface area contributed by atoms with Crippen molar-refractivity contribution in [3.63, 3.8) is 0 Å². The van der Waals surface area contributed by atoms with Gasteiger partial charge in [-0.1, -0.05) is 24.6 Å². The minimum atomic E-state index is -0.937. The Morgan fingerprint density at radius 3 is 2.88 bits per heavy atom. The summed E-state index contributed by atoms with van der Waals surface area (Å²) in [6.45, 7) is 4.41.